The van der Waals surface area contributed by atoms with Crippen molar-refractivity contribution < 1.29 is 53.6 Å². The van der Waals surface area contributed by atoms with E-state index in [0.29, 0.717) is 0 Å². The molecule has 0 atom stereocenters. The predicted octanol–water partition coefficient (Wildman–Crippen LogP) is -1.57. The van der Waals surface area contributed by atoms with E-state index < -0.39 is 27.2 Å². The molecule has 0 amide bonds. The van der Waals surface area contributed by atoms with Gasteiger partial charge in [-0.15, -0.1) is 0 Å². The van der Waals surface area contributed by atoms with Gasteiger partial charge in [0.05, 0.1) is 0 Å². The molecule has 0 aromatic carbocycles. The van der Waals surface area contributed by atoms with Gasteiger partial charge in [0.15, 0.2) is 0 Å². The zero-order valence-corrected chi connectivity index (χ0v) is 7.25. The predicted molar refractivity (Wildman–Crippen MR) is 13.2 cm³/mol. The number of rotatable bonds is 2. The molecule has 66 valence electrons. The van der Waals surface area contributed by atoms with Gasteiger partial charge in [-0.25, -0.2) is 0 Å². The van der Waals surface area contributed by atoms with Crippen LogP contribution in [0.5, 0.6) is 0 Å². The van der Waals surface area contributed by atoms with E-state index in [1.54, 1.807) is 0 Å². The maximum absolute atomic E-state index is 9.53. The fourth-order valence-electron chi connectivity index (χ4n) is 0.109. The van der Waals surface area contributed by atoms with Crippen molar-refractivity contribution in [1.29, 1.82) is 5.26 Å². The van der Waals surface area contributed by atoms with Crippen LogP contribution in [0.4, 0.5) is 0 Å². The summed E-state index contributed by atoms with van der Waals surface area (Å²) in [7, 11) is 0. The summed E-state index contributed by atoms with van der Waals surface area (Å²) in [5, 5.41) is 6.25. The first-order valence-electron chi connectivity index (χ1n) is 1.59. The van der Waals surface area contributed by atoms with Crippen molar-refractivity contribution in [1.82, 2.24) is 0 Å². The van der Waals surface area contributed by atoms with Crippen molar-refractivity contribution in [3.8, 4) is 0 Å². The van der Waals surface area contributed by atoms with Gasteiger partial charge in [0, 0.05) is 0 Å². The van der Waals surface area contributed by atoms with E-state index in [0.717, 1.165) is 0 Å². The zero-order chi connectivity index (χ0) is 9.71. The van der Waals surface area contributed by atoms with Gasteiger partial charge in [-0.2, -0.15) is 0 Å². The topological polar surface area (TPSA) is 142 Å². The van der Waals surface area contributed by atoms with E-state index in [4.69, 9.17) is 20.2 Å². The molecule has 0 unspecified atom stereocenters. The first-order chi connectivity index (χ1) is 4.71. The molecule has 0 saturated heterocycles. The zero-order valence-electron chi connectivity index (χ0n) is 4.70. The second-order valence-corrected chi connectivity index (χ2v) is 4.68. The van der Waals surface area contributed by atoms with Crippen LogP contribution in [-0.4, -0.2) is 8.32 Å². The molecule has 0 aromatic heterocycles. The van der Waals surface area contributed by atoms with Gasteiger partial charge < -0.3 is 11.8 Å². The van der Waals surface area contributed by atoms with E-state index in [-0.39, 0.29) is 0 Å². The average molecular weight is 244 g/mol. The molecule has 11 heavy (non-hydrogen) atoms. The summed E-state index contributed by atoms with van der Waals surface area (Å²) in [5.74, 6) is 0. The molecule has 0 aliphatic heterocycles. The van der Waals surface area contributed by atoms with Gasteiger partial charge in [0.25, 0.3) is 0 Å². The van der Waals surface area contributed by atoms with Crippen LogP contribution < -0.4 is 0 Å². The van der Waals surface area contributed by atoms with Crippen LogP contribution in [0.3, 0.4) is 0 Å². The van der Waals surface area contributed by atoms with Gasteiger partial charge in [0.1, 0.15) is 0 Å². The van der Waals surface area contributed by atoms with Crippen LogP contribution in [0, 0.1) is 11.8 Å². The fraction of sp³-hybridized carbons (Fsp3) is 0. The molecule has 0 heterocycles. The molecule has 10 heteroatoms. The van der Waals surface area contributed by atoms with Crippen molar-refractivity contribution in [2.75, 3.05) is 0 Å². The molecule has 0 aliphatic rings. The van der Waals surface area contributed by atoms with Crippen molar-refractivity contribution in [3.63, 3.8) is 0 Å². The Balaban J connectivity index is 0. The Morgan fingerprint density at radius 2 is 1.18 bits per heavy atom. The van der Waals surface area contributed by atoms with Crippen LogP contribution in [0.25, 0.3) is 0 Å². The standard InChI is InChI=1S/CN.2Cr.2H2O.5O/c1-2;;;;;;;;;/h;;;2*1H2;;;;;/q-1;2*+1;;;;;;;/p-2. The van der Waals surface area contributed by atoms with Crippen LogP contribution in [0.1, 0.15) is 0 Å². The number of hydrogen-bond donors (Lipinski definition) is 2. The number of hydrogen-bond acceptors (Lipinski definition) is 6. The van der Waals surface area contributed by atoms with E-state index >= 15 is 0 Å². The quantitative estimate of drug-likeness (QED) is 0.555. The summed E-state index contributed by atoms with van der Waals surface area (Å²) in [6.45, 7) is 4.75. The Hall–Kier alpha value is -0.365. The molecule has 0 radical (unpaired) electrons. The summed E-state index contributed by atoms with van der Waals surface area (Å²) >= 11 is -11.5. The molecular weight excluding hydrogens is 242 g/mol. The molecule has 0 aliphatic carbocycles. The van der Waals surface area contributed by atoms with Gasteiger partial charge in [-0.05, 0) is 0 Å². The van der Waals surface area contributed by atoms with Gasteiger partial charge in [0.2, 0.25) is 0 Å². The summed E-state index contributed by atoms with van der Waals surface area (Å²) < 4.78 is 56.3. The first kappa shape index (κ1) is 13.2. The number of nitrogens with zero attached hydrogens (tertiary/aromatic N) is 1. The molecule has 0 saturated carbocycles. The third-order valence-electron chi connectivity index (χ3n) is 0.172. The van der Waals surface area contributed by atoms with Gasteiger partial charge in [-0.3, -0.25) is 0 Å². The first-order valence-corrected chi connectivity index (χ1v) is 5.85. The van der Waals surface area contributed by atoms with E-state index in [9.17, 15) is 15.2 Å². The second-order valence-electron chi connectivity index (χ2n) is 0.924. The minimum absolute atomic E-state index is 2.83. The van der Waals surface area contributed by atoms with E-state index in [2.05, 4.69) is 2.84 Å². The Morgan fingerprint density at radius 1 is 1.00 bits per heavy atom. The molecule has 0 spiro atoms. The summed E-state index contributed by atoms with van der Waals surface area (Å²) in [5.41, 5.74) is 0. The van der Waals surface area contributed by atoms with Crippen LogP contribution in [0.15, 0.2) is 0 Å². The Kier molecular flexibility index (Phi) is 5.42. The van der Waals surface area contributed by atoms with Crippen LogP contribution in [0.2, 0.25) is 0 Å². The molecule has 0 fully saturated rings. The Labute approximate surface area is 65.8 Å². The van der Waals surface area contributed by atoms with Crippen LogP contribution in [-0.2, 0) is 45.3 Å². The Bertz CT molecular complexity index is 276. The van der Waals surface area contributed by atoms with Crippen LogP contribution >= 0.6 is 0 Å². The second kappa shape index (κ2) is 4.50. The van der Waals surface area contributed by atoms with Gasteiger partial charge in [-0.1, -0.05) is 0 Å². The molecule has 0 rings (SSSR count). The molecule has 2 N–H and O–H groups in total. The van der Waals surface area contributed by atoms with E-state index in [1.807, 2.05) is 0 Å². The van der Waals surface area contributed by atoms with Gasteiger partial charge >= 0.3 is 53.6 Å². The van der Waals surface area contributed by atoms with Crippen molar-refractivity contribution in [2.45, 2.75) is 0 Å². The maximum atomic E-state index is 9.53. The normalized spacial score (nSPS) is 11.3. The molecule has 0 bridgehead atoms. The third-order valence-corrected chi connectivity index (χ3v) is 2.92. The Morgan fingerprint density at radius 3 is 1.18 bits per heavy atom. The SMILES string of the molecule is [C-]#N.[O]=[Cr](=[O])([OH])[O][Cr](=[O])(=[O])[OH]. The van der Waals surface area contributed by atoms with E-state index in [1.165, 1.54) is 0 Å². The fourth-order valence-corrected chi connectivity index (χ4v) is 1.85. The summed E-state index contributed by atoms with van der Waals surface area (Å²) in [4.78, 5) is 0. The molecule has 8 nitrogen and oxygen atoms in total. The summed E-state index contributed by atoms with van der Waals surface area (Å²) in [6.07, 6.45) is 0. The molecule has 0 aromatic rings. The average Bonchev–Trinajstić information content (AvgIpc) is 1.60. The van der Waals surface area contributed by atoms with Crippen molar-refractivity contribution in [2.24, 2.45) is 0 Å². The third kappa shape index (κ3) is 17.7. The minimum atomic E-state index is -5.76. The summed E-state index contributed by atoms with van der Waals surface area (Å²) in [6, 6.07) is 0. The van der Waals surface area contributed by atoms with Crippen molar-refractivity contribution in [3.05, 3.63) is 6.57 Å². The monoisotopic (exact) mass is 244 g/mol. The van der Waals surface area contributed by atoms with Crippen molar-refractivity contribution >= 4 is 0 Å². The molecular formula is CH2Cr2NO7-.